The first kappa shape index (κ1) is 15.5. The molecule has 1 aromatic rings. The summed E-state index contributed by atoms with van der Waals surface area (Å²) in [6.07, 6.45) is -0.598. The summed E-state index contributed by atoms with van der Waals surface area (Å²) >= 11 is 0. The zero-order chi connectivity index (χ0) is 14.8. The third kappa shape index (κ3) is 3.69. The van der Waals surface area contributed by atoms with E-state index in [0.29, 0.717) is 16.9 Å². The van der Waals surface area contributed by atoms with Gasteiger partial charge < -0.3 is 4.74 Å². The first-order valence-corrected chi connectivity index (χ1v) is 7.45. The topological polar surface area (TPSA) is 93.2 Å². The van der Waals surface area contributed by atoms with Gasteiger partial charge in [0.1, 0.15) is 11.8 Å². The third-order valence-corrected chi connectivity index (χ3v) is 3.69. The number of hydrogen-bond acceptors (Lipinski definition) is 4. The van der Waals surface area contributed by atoms with Gasteiger partial charge in [-0.2, -0.15) is 5.26 Å². The quantitative estimate of drug-likeness (QED) is 0.914. The van der Waals surface area contributed by atoms with Gasteiger partial charge in [0, 0.05) is 0 Å². The second-order valence-electron chi connectivity index (χ2n) is 4.74. The molecule has 0 aliphatic rings. The molecule has 0 aromatic heterocycles. The molecule has 2 N–H and O–H groups in total. The van der Waals surface area contributed by atoms with Crippen LogP contribution in [0.4, 0.5) is 0 Å². The van der Waals surface area contributed by atoms with E-state index in [1.54, 1.807) is 19.9 Å². The average molecular weight is 282 g/mol. The number of rotatable bonds is 4. The van der Waals surface area contributed by atoms with Crippen molar-refractivity contribution in [2.24, 2.45) is 5.14 Å². The molecule has 0 aliphatic heterocycles. The lowest BCUT2D eigenvalue weighted by atomic mass is 10.0. The summed E-state index contributed by atoms with van der Waals surface area (Å²) in [6, 6.07) is 5.11. The minimum Gasteiger partial charge on any atom is -0.476 e. The molecule has 0 spiro atoms. The minimum atomic E-state index is -3.77. The van der Waals surface area contributed by atoms with Crippen molar-refractivity contribution in [3.8, 4) is 11.8 Å². The first-order valence-electron chi connectivity index (χ1n) is 5.90. The number of nitrogens with zero attached hydrogens (tertiary/aromatic N) is 1. The van der Waals surface area contributed by atoms with Crippen LogP contribution in [0, 0.1) is 18.3 Å². The van der Waals surface area contributed by atoms with Crippen LogP contribution in [0.1, 0.15) is 37.8 Å². The maximum Gasteiger partial charge on any atom is 0.238 e. The Morgan fingerprint density at radius 2 is 1.89 bits per heavy atom. The van der Waals surface area contributed by atoms with Crippen molar-refractivity contribution in [1.29, 1.82) is 5.26 Å². The van der Waals surface area contributed by atoms with Crippen molar-refractivity contribution >= 4 is 10.0 Å². The Balaban J connectivity index is 3.42. The Morgan fingerprint density at radius 3 is 2.32 bits per heavy atom. The van der Waals surface area contributed by atoms with E-state index in [-0.39, 0.29) is 10.8 Å². The molecule has 0 saturated carbocycles. The van der Waals surface area contributed by atoms with E-state index >= 15 is 0 Å². The molecule has 1 rings (SSSR count). The van der Waals surface area contributed by atoms with E-state index in [9.17, 15) is 8.42 Å². The molecular weight excluding hydrogens is 264 g/mol. The van der Waals surface area contributed by atoms with E-state index in [1.165, 1.54) is 6.07 Å². The molecule has 104 valence electrons. The lowest BCUT2D eigenvalue weighted by Gasteiger charge is -2.17. The second-order valence-corrected chi connectivity index (χ2v) is 6.27. The van der Waals surface area contributed by atoms with Crippen LogP contribution in [0.3, 0.4) is 0 Å². The highest BCUT2D eigenvalue weighted by Crippen LogP contribution is 2.31. The lowest BCUT2D eigenvalue weighted by Crippen LogP contribution is -2.16. The number of benzene rings is 1. The molecule has 0 amide bonds. The number of nitrogens with two attached hydrogens (primary N) is 1. The van der Waals surface area contributed by atoms with E-state index in [2.05, 4.69) is 0 Å². The molecule has 0 aliphatic carbocycles. The fourth-order valence-electron chi connectivity index (χ4n) is 1.72. The Hall–Kier alpha value is -1.58. The first-order chi connectivity index (χ1) is 8.66. The highest BCUT2D eigenvalue weighted by molar-refractivity contribution is 7.89. The van der Waals surface area contributed by atoms with Gasteiger partial charge in [-0.05, 0) is 43.0 Å². The fraction of sp³-hybridized carbons (Fsp3) is 0.462. The molecule has 1 unspecified atom stereocenters. The van der Waals surface area contributed by atoms with Crippen LogP contribution in [-0.2, 0) is 10.0 Å². The van der Waals surface area contributed by atoms with Gasteiger partial charge >= 0.3 is 0 Å². The highest BCUT2D eigenvalue weighted by Gasteiger charge is 2.19. The van der Waals surface area contributed by atoms with Crippen LogP contribution in [0.25, 0.3) is 0 Å². The van der Waals surface area contributed by atoms with Crippen molar-refractivity contribution in [1.82, 2.24) is 0 Å². The van der Waals surface area contributed by atoms with Crippen LogP contribution < -0.4 is 9.88 Å². The minimum absolute atomic E-state index is 0.0198. The van der Waals surface area contributed by atoms with Gasteiger partial charge in [0.2, 0.25) is 10.0 Å². The van der Waals surface area contributed by atoms with E-state index in [1.807, 2.05) is 19.9 Å². The maximum absolute atomic E-state index is 11.6. The number of sulfonamides is 1. The monoisotopic (exact) mass is 282 g/mol. The number of hydrogen-bond donors (Lipinski definition) is 1. The van der Waals surface area contributed by atoms with Gasteiger partial charge in [-0.3, -0.25) is 0 Å². The summed E-state index contributed by atoms with van der Waals surface area (Å²) in [5, 5.41) is 14.0. The normalized spacial score (nSPS) is 13.1. The Morgan fingerprint density at radius 1 is 1.32 bits per heavy atom. The zero-order valence-corrected chi connectivity index (χ0v) is 12.3. The summed E-state index contributed by atoms with van der Waals surface area (Å²) in [4.78, 5) is 0.108. The number of primary sulfonamides is 1. The number of nitriles is 1. The van der Waals surface area contributed by atoms with Crippen molar-refractivity contribution in [2.75, 3.05) is 0 Å². The fourth-order valence-corrected chi connectivity index (χ4v) is 2.68. The largest absolute Gasteiger partial charge is 0.476 e. The lowest BCUT2D eigenvalue weighted by molar-refractivity contribution is 0.274. The van der Waals surface area contributed by atoms with Gasteiger partial charge in [-0.1, -0.05) is 13.8 Å². The van der Waals surface area contributed by atoms with E-state index in [4.69, 9.17) is 15.1 Å². The molecule has 19 heavy (non-hydrogen) atoms. The van der Waals surface area contributed by atoms with Crippen LogP contribution >= 0.6 is 0 Å². The van der Waals surface area contributed by atoms with Crippen molar-refractivity contribution < 1.29 is 13.2 Å². The maximum atomic E-state index is 11.6. The summed E-state index contributed by atoms with van der Waals surface area (Å²) in [5.41, 5.74) is 1.23. The highest BCUT2D eigenvalue weighted by atomic mass is 32.2. The molecule has 0 radical (unpaired) electrons. The number of ether oxygens (including phenoxy) is 1. The zero-order valence-electron chi connectivity index (χ0n) is 11.5. The molecule has 0 fully saturated rings. The summed E-state index contributed by atoms with van der Waals surface area (Å²) in [7, 11) is -3.77. The van der Waals surface area contributed by atoms with Crippen LogP contribution in [0.2, 0.25) is 0 Å². The number of aryl methyl sites for hydroxylation is 1. The van der Waals surface area contributed by atoms with Crippen LogP contribution in [-0.4, -0.2) is 14.5 Å². The second kappa shape index (κ2) is 5.59. The standard InChI is InChI=1S/C13H18N2O3S/c1-8(2)11-6-12(18-10(4)7-14)9(3)5-13(11)19(15,16)17/h5-6,8,10H,1-4H3,(H2,15,16,17). The van der Waals surface area contributed by atoms with E-state index in [0.717, 1.165) is 0 Å². The molecule has 0 heterocycles. The SMILES string of the molecule is Cc1cc(S(N)(=O)=O)c(C(C)C)cc1OC(C)C#N. The molecular formula is C13H18N2O3S. The van der Waals surface area contributed by atoms with Gasteiger partial charge in [0.25, 0.3) is 0 Å². The summed E-state index contributed by atoms with van der Waals surface area (Å²) in [5.74, 6) is 0.485. The van der Waals surface area contributed by atoms with Crippen LogP contribution in [0.5, 0.6) is 5.75 Å². The predicted octanol–water partition coefficient (Wildman–Crippen LogP) is 2.06. The van der Waals surface area contributed by atoms with Gasteiger partial charge in [0.05, 0.1) is 4.90 Å². The van der Waals surface area contributed by atoms with Gasteiger partial charge in [-0.15, -0.1) is 0 Å². The van der Waals surface area contributed by atoms with E-state index < -0.39 is 16.1 Å². The summed E-state index contributed by atoms with van der Waals surface area (Å²) < 4.78 is 28.6. The van der Waals surface area contributed by atoms with Crippen LogP contribution in [0.15, 0.2) is 17.0 Å². The van der Waals surface area contributed by atoms with Gasteiger partial charge in [0.15, 0.2) is 6.10 Å². The molecule has 6 heteroatoms. The van der Waals surface area contributed by atoms with Crippen molar-refractivity contribution in [3.05, 3.63) is 23.3 Å². The van der Waals surface area contributed by atoms with Crippen molar-refractivity contribution in [2.45, 2.75) is 44.6 Å². The molecule has 0 bridgehead atoms. The van der Waals surface area contributed by atoms with Crippen molar-refractivity contribution in [3.63, 3.8) is 0 Å². The Bertz CT molecular complexity index is 616. The average Bonchev–Trinajstić information content (AvgIpc) is 2.29. The molecule has 1 atom stereocenters. The smallest absolute Gasteiger partial charge is 0.238 e. The predicted molar refractivity (Wildman–Crippen MR) is 72.3 cm³/mol. The molecule has 1 aromatic carbocycles. The summed E-state index contributed by atoms with van der Waals surface area (Å²) in [6.45, 7) is 7.09. The Kier molecular flexibility index (Phi) is 4.56. The molecule has 5 nitrogen and oxygen atoms in total. The Labute approximate surface area is 114 Å². The third-order valence-electron chi connectivity index (χ3n) is 2.72. The van der Waals surface area contributed by atoms with Gasteiger partial charge in [-0.25, -0.2) is 13.6 Å². The molecule has 0 saturated heterocycles.